The fraction of sp³-hybridized carbons (Fsp3) is 0.222. The van der Waals surface area contributed by atoms with Crippen LogP contribution in [0.15, 0.2) is 52.9 Å². The van der Waals surface area contributed by atoms with Gasteiger partial charge in [-0.25, -0.2) is 0 Å². The van der Waals surface area contributed by atoms with E-state index in [2.05, 4.69) is 15.5 Å². The van der Waals surface area contributed by atoms with E-state index < -0.39 is 11.7 Å². The number of aliphatic hydroxyl groups excluding tert-OH is 1. The number of likely N-dealkylation sites (N-methyl/N-ethyl adjacent to an activating group) is 1. The lowest BCUT2D eigenvalue weighted by atomic mass is 10.1. The lowest BCUT2D eigenvalue weighted by Crippen LogP contribution is -2.21. The van der Waals surface area contributed by atoms with E-state index in [-0.39, 0.29) is 18.5 Å². The molecule has 142 valence electrons. The molecule has 27 heavy (non-hydrogen) atoms. The Morgan fingerprint density at radius 3 is 2.44 bits per heavy atom. The normalized spacial score (nSPS) is 11.4. The van der Waals surface area contributed by atoms with Crippen molar-refractivity contribution in [1.82, 2.24) is 10.2 Å². The smallest absolute Gasteiger partial charge is 0.403 e. The number of nitrogens with zero attached hydrogens (tertiary/aromatic N) is 3. The quantitative estimate of drug-likeness (QED) is 0.677. The molecule has 0 bridgehead atoms. The minimum Gasteiger partial charge on any atom is -0.403 e. The van der Waals surface area contributed by atoms with Crippen molar-refractivity contribution in [3.8, 4) is 11.5 Å². The molecule has 0 saturated carbocycles. The van der Waals surface area contributed by atoms with Gasteiger partial charge in [-0.3, -0.25) is 0 Å². The van der Waals surface area contributed by atoms with Crippen LogP contribution < -0.4 is 10.2 Å². The summed E-state index contributed by atoms with van der Waals surface area (Å²) in [5.74, 6) is 0.254. The molecular formula is C18H17F3N4O2. The van der Waals surface area contributed by atoms with E-state index in [0.29, 0.717) is 23.5 Å². The molecule has 0 radical (unpaired) electrons. The van der Waals surface area contributed by atoms with E-state index in [4.69, 9.17) is 9.52 Å². The maximum atomic E-state index is 12.7. The van der Waals surface area contributed by atoms with Crippen LogP contribution in [0.3, 0.4) is 0 Å². The Morgan fingerprint density at radius 1 is 1.07 bits per heavy atom. The molecular weight excluding hydrogens is 361 g/mol. The van der Waals surface area contributed by atoms with Crippen LogP contribution in [0.5, 0.6) is 0 Å². The fourth-order valence-electron chi connectivity index (χ4n) is 2.40. The molecule has 2 aromatic carbocycles. The van der Waals surface area contributed by atoms with Crippen molar-refractivity contribution in [3.63, 3.8) is 0 Å². The molecule has 3 aromatic rings. The van der Waals surface area contributed by atoms with E-state index in [1.807, 2.05) is 0 Å². The third-order valence-corrected chi connectivity index (χ3v) is 3.82. The highest BCUT2D eigenvalue weighted by Gasteiger charge is 2.30. The van der Waals surface area contributed by atoms with Crippen LogP contribution in [0.4, 0.5) is 30.6 Å². The molecule has 3 rings (SSSR count). The summed E-state index contributed by atoms with van der Waals surface area (Å²) in [6, 6.07) is 12.1. The second-order valence-electron chi connectivity index (χ2n) is 5.78. The second-order valence-corrected chi connectivity index (χ2v) is 5.78. The van der Waals surface area contributed by atoms with Gasteiger partial charge in [0.1, 0.15) is 0 Å². The minimum atomic E-state index is -4.38. The first-order chi connectivity index (χ1) is 12.9. The standard InChI is InChI=1S/C18H17F3N4O2/c1-25(10-11-26)17-24-23-16(27-17)14-4-2-3-5-15(14)22-13-8-6-12(7-9-13)18(19,20)21/h2-9,22,26H,10-11H2,1H3. The summed E-state index contributed by atoms with van der Waals surface area (Å²) in [4.78, 5) is 1.61. The number of benzene rings is 2. The topological polar surface area (TPSA) is 74.4 Å². The molecule has 0 atom stereocenters. The van der Waals surface area contributed by atoms with Gasteiger partial charge in [-0.2, -0.15) is 13.2 Å². The zero-order chi connectivity index (χ0) is 19.4. The third kappa shape index (κ3) is 4.37. The van der Waals surface area contributed by atoms with Crippen molar-refractivity contribution >= 4 is 17.4 Å². The van der Waals surface area contributed by atoms with Crippen LogP contribution in [0.1, 0.15) is 5.56 Å². The first kappa shape index (κ1) is 18.7. The first-order valence-electron chi connectivity index (χ1n) is 8.07. The SMILES string of the molecule is CN(CCO)c1nnc(-c2ccccc2Nc2ccc(C(F)(F)F)cc2)o1. The van der Waals surface area contributed by atoms with Gasteiger partial charge in [-0.15, -0.1) is 5.10 Å². The molecule has 0 saturated heterocycles. The van der Waals surface area contributed by atoms with Crippen molar-refractivity contribution in [3.05, 3.63) is 54.1 Å². The molecule has 0 amide bonds. The van der Waals surface area contributed by atoms with Crippen LogP contribution in [-0.4, -0.2) is 35.5 Å². The lowest BCUT2D eigenvalue weighted by molar-refractivity contribution is -0.137. The van der Waals surface area contributed by atoms with Gasteiger partial charge in [0.15, 0.2) is 0 Å². The van der Waals surface area contributed by atoms with Gasteiger partial charge in [0.25, 0.3) is 5.89 Å². The molecule has 1 heterocycles. The predicted molar refractivity (Wildman–Crippen MR) is 94.8 cm³/mol. The number of para-hydroxylation sites is 1. The summed E-state index contributed by atoms with van der Waals surface area (Å²) < 4.78 is 43.7. The zero-order valence-corrected chi connectivity index (χ0v) is 14.4. The van der Waals surface area contributed by atoms with E-state index >= 15 is 0 Å². The molecule has 0 spiro atoms. The zero-order valence-electron chi connectivity index (χ0n) is 14.4. The molecule has 0 unspecified atom stereocenters. The molecule has 2 N–H and O–H groups in total. The number of nitrogens with one attached hydrogen (secondary N) is 1. The number of aliphatic hydroxyl groups is 1. The summed E-state index contributed by atoms with van der Waals surface area (Å²) in [6.45, 7) is 0.285. The first-order valence-corrected chi connectivity index (χ1v) is 8.07. The highest BCUT2D eigenvalue weighted by atomic mass is 19.4. The fourth-order valence-corrected chi connectivity index (χ4v) is 2.40. The van der Waals surface area contributed by atoms with Crippen LogP contribution in [0.25, 0.3) is 11.5 Å². The third-order valence-electron chi connectivity index (χ3n) is 3.82. The highest BCUT2D eigenvalue weighted by molar-refractivity contribution is 5.77. The van der Waals surface area contributed by atoms with Gasteiger partial charge in [0.05, 0.1) is 23.4 Å². The number of hydrogen-bond donors (Lipinski definition) is 2. The van der Waals surface area contributed by atoms with Gasteiger partial charge in [-0.05, 0) is 36.4 Å². The average molecular weight is 378 g/mol. The number of alkyl halides is 3. The van der Waals surface area contributed by atoms with Crippen LogP contribution in [0.2, 0.25) is 0 Å². The Balaban J connectivity index is 1.84. The van der Waals surface area contributed by atoms with Crippen LogP contribution in [-0.2, 0) is 6.18 Å². The van der Waals surface area contributed by atoms with Crippen molar-refractivity contribution < 1.29 is 22.7 Å². The van der Waals surface area contributed by atoms with Gasteiger partial charge >= 0.3 is 12.2 Å². The Kier molecular flexibility index (Phi) is 5.31. The Bertz CT molecular complexity index is 894. The number of anilines is 3. The van der Waals surface area contributed by atoms with E-state index in [1.54, 1.807) is 36.2 Å². The molecule has 6 nitrogen and oxygen atoms in total. The molecule has 9 heteroatoms. The number of rotatable bonds is 6. The highest BCUT2D eigenvalue weighted by Crippen LogP contribution is 2.33. The van der Waals surface area contributed by atoms with E-state index in [0.717, 1.165) is 12.1 Å². The lowest BCUT2D eigenvalue weighted by Gasteiger charge is -2.12. The monoisotopic (exact) mass is 378 g/mol. The number of hydrogen-bond acceptors (Lipinski definition) is 6. The number of halogens is 3. The van der Waals surface area contributed by atoms with E-state index in [9.17, 15) is 13.2 Å². The van der Waals surface area contributed by atoms with Gasteiger partial charge < -0.3 is 19.7 Å². The van der Waals surface area contributed by atoms with Crippen LogP contribution in [0, 0.1) is 0 Å². The predicted octanol–water partition coefficient (Wildman–Crippen LogP) is 3.93. The molecule has 0 aliphatic rings. The summed E-state index contributed by atoms with van der Waals surface area (Å²) in [7, 11) is 1.71. The van der Waals surface area contributed by atoms with Gasteiger partial charge in [-0.1, -0.05) is 17.2 Å². The van der Waals surface area contributed by atoms with Gasteiger partial charge in [0.2, 0.25) is 0 Å². The summed E-state index contributed by atoms with van der Waals surface area (Å²) in [5, 5.41) is 20.0. The molecule has 0 aliphatic heterocycles. The molecule has 0 aliphatic carbocycles. The average Bonchev–Trinajstić information content (AvgIpc) is 3.12. The van der Waals surface area contributed by atoms with Crippen molar-refractivity contribution in [1.29, 1.82) is 0 Å². The van der Waals surface area contributed by atoms with E-state index in [1.165, 1.54) is 12.1 Å². The Labute approximate surface area is 153 Å². The van der Waals surface area contributed by atoms with Gasteiger partial charge in [0, 0.05) is 19.3 Å². The summed E-state index contributed by atoms with van der Waals surface area (Å²) >= 11 is 0. The molecule has 0 fully saturated rings. The van der Waals surface area contributed by atoms with Crippen molar-refractivity contribution in [2.45, 2.75) is 6.18 Å². The van der Waals surface area contributed by atoms with Crippen molar-refractivity contribution in [2.75, 3.05) is 30.4 Å². The largest absolute Gasteiger partial charge is 0.416 e. The number of aromatic nitrogens is 2. The second kappa shape index (κ2) is 7.67. The summed E-state index contributed by atoms with van der Waals surface area (Å²) in [5.41, 5.74) is 0.994. The van der Waals surface area contributed by atoms with Crippen molar-refractivity contribution in [2.24, 2.45) is 0 Å². The maximum absolute atomic E-state index is 12.7. The Hall–Kier alpha value is -3.07. The minimum absolute atomic E-state index is 0.0553. The van der Waals surface area contributed by atoms with Crippen LogP contribution >= 0.6 is 0 Å². The summed E-state index contributed by atoms with van der Waals surface area (Å²) in [6.07, 6.45) is -4.38. The molecule has 1 aromatic heterocycles. The maximum Gasteiger partial charge on any atom is 0.416 e. The Morgan fingerprint density at radius 2 is 1.78 bits per heavy atom.